The molecule has 0 aliphatic carbocycles. The minimum atomic E-state index is -0.983. The molecule has 0 bridgehead atoms. The van der Waals surface area contributed by atoms with Crippen LogP contribution in [0, 0.1) is 11.6 Å². The van der Waals surface area contributed by atoms with Gasteiger partial charge in [0.05, 0.1) is 11.3 Å². The SMILES string of the molecule is NC(=O)c1cc(F)cc(F)c1N. The number of primary amides is 1. The zero-order valence-electron chi connectivity index (χ0n) is 5.97. The maximum Gasteiger partial charge on any atom is 0.251 e. The molecular weight excluding hydrogens is 166 g/mol. The molecule has 0 saturated carbocycles. The fraction of sp³-hybridized carbons (Fsp3) is 0. The lowest BCUT2D eigenvalue weighted by Gasteiger charge is -2.01. The summed E-state index contributed by atoms with van der Waals surface area (Å²) in [5.74, 6) is -2.81. The zero-order chi connectivity index (χ0) is 9.30. The highest BCUT2D eigenvalue weighted by atomic mass is 19.1. The van der Waals surface area contributed by atoms with Gasteiger partial charge < -0.3 is 11.5 Å². The third kappa shape index (κ3) is 1.34. The van der Waals surface area contributed by atoms with Crippen molar-refractivity contribution in [2.24, 2.45) is 5.73 Å². The van der Waals surface area contributed by atoms with Gasteiger partial charge in [-0.2, -0.15) is 0 Å². The van der Waals surface area contributed by atoms with Gasteiger partial charge in [-0.1, -0.05) is 0 Å². The molecular formula is C7H6F2N2O. The van der Waals surface area contributed by atoms with E-state index in [1.807, 2.05) is 0 Å². The summed E-state index contributed by atoms with van der Waals surface area (Å²) in [6.07, 6.45) is 0. The number of rotatable bonds is 1. The summed E-state index contributed by atoms with van der Waals surface area (Å²) < 4.78 is 25.1. The van der Waals surface area contributed by atoms with E-state index in [0.29, 0.717) is 6.07 Å². The minimum Gasteiger partial charge on any atom is -0.396 e. The molecule has 12 heavy (non-hydrogen) atoms. The van der Waals surface area contributed by atoms with Gasteiger partial charge in [-0.25, -0.2) is 8.78 Å². The molecule has 0 fully saturated rings. The van der Waals surface area contributed by atoms with Crippen LogP contribution in [0.3, 0.4) is 0 Å². The van der Waals surface area contributed by atoms with Gasteiger partial charge in [-0.15, -0.1) is 0 Å². The van der Waals surface area contributed by atoms with E-state index in [-0.39, 0.29) is 5.56 Å². The minimum absolute atomic E-state index is 0.340. The Bertz CT molecular complexity index is 338. The second kappa shape index (κ2) is 2.77. The molecule has 0 aliphatic heterocycles. The third-order valence-corrected chi connectivity index (χ3v) is 1.36. The Hall–Kier alpha value is -1.65. The normalized spacial score (nSPS) is 9.83. The maximum atomic E-state index is 12.6. The number of hydrogen-bond acceptors (Lipinski definition) is 2. The first-order chi connectivity index (χ1) is 5.52. The van der Waals surface area contributed by atoms with E-state index in [0.717, 1.165) is 6.07 Å². The standard InChI is InChI=1S/C7H6F2N2O/c8-3-1-4(7(11)12)6(10)5(9)2-3/h1-2H,10H2,(H2,11,12). The first-order valence-corrected chi connectivity index (χ1v) is 3.06. The lowest BCUT2D eigenvalue weighted by atomic mass is 10.1. The van der Waals surface area contributed by atoms with Crippen molar-refractivity contribution in [3.63, 3.8) is 0 Å². The summed E-state index contributed by atoms with van der Waals surface area (Å²) in [4.78, 5) is 10.5. The Morgan fingerprint density at radius 3 is 2.42 bits per heavy atom. The third-order valence-electron chi connectivity index (χ3n) is 1.36. The number of carbonyl (C=O) groups is 1. The predicted octanol–water partition coefficient (Wildman–Crippen LogP) is 0.646. The monoisotopic (exact) mass is 172 g/mol. The van der Waals surface area contributed by atoms with Gasteiger partial charge in [0.15, 0.2) is 0 Å². The van der Waals surface area contributed by atoms with Crippen LogP contribution in [0.15, 0.2) is 12.1 Å². The Morgan fingerprint density at radius 2 is 1.92 bits per heavy atom. The quantitative estimate of drug-likeness (QED) is 0.610. The second-order valence-electron chi connectivity index (χ2n) is 2.21. The van der Waals surface area contributed by atoms with Gasteiger partial charge in [0.25, 0.3) is 5.91 Å². The lowest BCUT2D eigenvalue weighted by molar-refractivity contribution is 0.100. The topological polar surface area (TPSA) is 69.1 Å². The van der Waals surface area contributed by atoms with Gasteiger partial charge in [0, 0.05) is 6.07 Å². The van der Waals surface area contributed by atoms with Crippen LogP contribution in [-0.2, 0) is 0 Å². The van der Waals surface area contributed by atoms with Gasteiger partial charge in [-0.05, 0) is 6.07 Å². The Kier molecular flexibility index (Phi) is 1.95. The lowest BCUT2D eigenvalue weighted by Crippen LogP contribution is -2.14. The van der Waals surface area contributed by atoms with Crippen LogP contribution < -0.4 is 11.5 Å². The van der Waals surface area contributed by atoms with Gasteiger partial charge >= 0.3 is 0 Å². The second-order valence-corrected chi connectivity index (χ2v) is 2.21. The molecule has 1 aromatic carbocycles. The number of nitrogen functional groups attached to an aromatic ring is 1. The molecule has 0 atom stereocenters. The Morgan fingerprint density at radius 1 is 1.33 bits per heavy atom. The van der Waals surface area contributed by atoms with Crippen LogP contribution >= 0.6 is 0 Å². The van der Waals surface area contributed by atoms with E-state index in [4.69, 9.17) is 11.5 Å². The van der Waals surface area contributed by atoms with Crippen LogP contribution in [0.2, 0.25) is 0 Å². The van der Waals surface area contributed by atoms with Crippen molar-refractivity contribution in [3.8, 4) is 0 Å². The largest absolute Gasteiger partial charge is 0.396 e. The van der Waals surface area contributed by atoms with Crippen molar-refractivity contribution in [3.05, 3.63) is 29.3 Å². The van der Waals surface area contributed by atoms with Gasteiger partial charge in [-0.3, -0.25) is 4.79 Å². The molecule has 0 radical (unpaired) electrons. The molecule has 0 heterocycles. The number of carbonyl (C=O) groups excluding carboxylic acids is 1. The van der Waals surface area contributed by atoms with Crippen LogP contribution in [0.25, 0.3) is 0 Å². The molecule has 0 aromatic heterocycles. The molecule has 1 amide bonds. The van der Waals surface area contributed by atoms with E-state index in [2.05, 4.69) is 0 Å². The summed E-state index contributed by atoms with van der Waals surface area (Å²) in [5.41, 5.74) is 9.14. The first kappa shape index (κ1) is 8.45. The van der Waals surface area contributed by atoms with Crippen LogP contribution in [0.4, 0.5) is 14.5 Å². The van der Waals surface area contributed by atoms with Crippen LogP contribution in [-0.4, -0.2) is 5.91 Å². The van der Waals surface area contributed by atoms with E-state index < -0.39 is 23.2 Å². The Labute approximate surface area is 67.0 Å². The molecule has 64 valence electrons. The average molecular weight is 172 g/mol. The summed E-state index contributed by atoms with van der Waals surface area (Å²) in [5, 5.41) is 0. The summed E-state index contributed by atoms with van der Waals surface area (Å²) in [7, 11) is 0. The highest BCUT2D eigenvalue weighted by Gasteiger charge is 2.11. The van der Waals surface area contributed by atoms with Crippen LogP contribution in [0.1, 0.15) is 10.4 Å². The summed E-state index contributed by atoms with van der Waals surface area (Å²) in [6.45, 7) is 0. The number of halogens is 2. The predicted molar refractivity (Wildman–Crippen MR) is 39.3 cm³/mol. The average Bonchev–Trinajstić information content (AvgIpc) is 1.96. The molecule has 0 aliphatic rings. The van der Waals surface area contributed by atoms with E-state index in [1.54, 1.807) is 0 Å². The van der Waals surface area contributed by atoms with E-state index in [1.165, 1.54) is 0 Å². The summed E-state index contributed by atoms with van der Waals surface area (Å²) >= 11 is 0. The molecule has 0 spiro atoms. The van der Waals surface area contributed by atoms with Crippen molar-refractivity contribution in [2.45, 2.75) is 0 Å². The highest BCUT2D eigenvalue weighted by molar-refractivity contribution is 5.98. The van der Waals surface area contributed by atoms with Crippen molar-refractivity contribution < 1.29 is 13.6 Å². The first-order valence-electron chi connectivity index (χ1n) is 3.06. The summed E-state index contributed by atoms with van der Waals surface area (Å²) in [6, 6.07) is 1.38. The van der Waals surface area contributed by atoms with Gasteiger partial charge in [0.1, 0.15) is 11.6 Å². The van der Waals surface area contributed by atoms with Crippen LogP contribution in [0.5, 0.6) is 0 Å². The number of nitrogens with two attached hydrogens (primary N) is 2. The fourth-order valence-electron chi connectivity index (χ4n) is 0.789. The van der Waals surface area contributed by atoms with Crippen molar-refractivity contribution in [2.75, 3.05) is 5.73 Å². The number of hydrogen-bond donors (Lipinski definition) is 2. The zero-order valence-corrected chi connectivity index (χ0v) is 5.97. The molecule has 1 rings (SSSR count). The molecule has 0 saturated heterocycles. The Balaban J connectivity index is 3.37. The molecule has 0 unspecified atom stereocenters. The van der Waals surface area contributed by atoms with E-state index in [9.17, 15) is 13.6 Å². The van der Waals surface area contributed by atoms with Crippen molar-refractivity contribution in [1.29, 1.82) is 0 Å². The molecule has 1 aromatic rings. The number of amides is 1. The van der Waals surface area contributed by atoms with Gasteiger partial charge in [0.2, 0.25) is 0 Å². The van der Waals surface area contributed by atoms with Crippen molar-refractivity contribution >= 4 is 11.6 Å². The number of anilines is 1. The highest BCUT2D eigenvalue weighted by Crippen LogP contribution is 2.17. The fourth-order valence-corrected chi connectivity index (χ4v) is 0.789. The van der Waals surface area contributed by atoms with E-state index >= 15 is 0 Å². The molecule has 3 nitrogen and oxygen atoms in total. The number of benzene rings is 1. The van der Waals surface area contributed by atoms with Crippen molar-refractivity contribution in [1.82, 2.24) is 0 Å². The maximum absolute atomic E-state index is 12.6. The smallest absolute Gasteiger partial charge is 0.251 e. The molecule has 4 N–H and O–H groups in total. The molecule has 5 heteroatoms.